The molecule has 0 aliphatic carbocycles. The highest BCUT2D eigenvalue weighted by atomic mass is 32.2. The molecule has 0 radical (unpaired) electrons. The first kappa shape index (κ1) is 27.1. The van der Waals surface area contributed by atoms with Gasteiger partial charge in [-0.1, -0.05) is 103 Å². The van der Waals surface area contributed by atoms with E-state index in [1.54, 1.807) is 18.2 Å². The molecule has 5 rings (SSSR count). The van der Waals surface area contributed by atoms with E-state index in [4.69, 9.17) is 15.2 Å². The van der Waals surface area contributed by atoms with E-state index in [-0.39, 0.29) is 5.75 Å². The Hall–Kier alpha value is -4.43. The molecule has 6 nitrogen and oxygen atoms in total. The summed E-state index contributed by atoms with van der Waals surface area (Å²) in [6.07, 6.45) is 0. The Balaban J connectivity index is 1.50. The molecule has 0 aromatic heterocycles. The molecule has 0 saturated heterocycles. The van der Waals surface area contributed by atoms with Gasteiger partial charge in [0.25, 0.3) is 0 Å². The van der Waals surface area contributed by atoms with E-state index in [1.165, 1.54) is 0 Å². The molecule has 0 aliphatic heterocycles. The Morgan fingerprint density at radius 3 is 1.48 bits per heavy atom. The van der Waals surface area contributed by atoms with Crippen LogP contribution in [0, 0.1) is 0 Å². The van der Waals surface area contributed by atoms with Crippen molar-refractivity contribution in [2.75, 3.05) is 0 Å². The quantitative estimate of drug-likeness (QED) is 0.183. The number of hydrogen-bond donors (Lipinski definition) is 2. The van der Waals surface area contributed by atoms with Crippen molar-refractivity contribution in [1.29, 1.82) is 0 Å². The molecule has 0 heterocycles. The van der Waals surface area contributed by atoms with Gasteiger partial charge in [0.15, 0.2) is 0 Å². The van der Waals surface area contributed by atoms with E-state index >= 15 is 0 Å². The zero-order chi connectivity index (χ0) is 27.8. The van der Waals surface area contributed by atoms with Gasteiger partial charge in [0, 0.05) is 0 Å². The van der Waals surface area contributed by atoms with Gasteiger partial charge in [-0.2, -0.15) is 0 Å². The van der Waals surface area contributed by atoms with E-state index in [1.807, 2.05) is 121 Å². The van der Waals surface area contributed by atoms with Gasteiger partial charge < -0.3 is 15.2 Å². The lowest BCUT2D eigenvalue weighted by Gasteiger charge is -2.26. The summed E-state index contributed by atoms with van der Waals surface area (Å²) in [5, 5.41) is 0. The predicted molar refractivity (Wildman–Crippen MR) is 158 cm³/mol. The molecular formula is C33H30N2O4S. The van der Waals surface area contributed by atoms with Crippen molar-refractivity contribution in [2.24, 2.45) is 5.73 Å². The van der Waals surface area contributed by atoms with Gasteiger partial charge in [0.2, 0.25) is 10.0 Å². The van der Waals surface area contributed by atoms with Crippen LogP contribution < -0.4 is 19.9 Å². The molecule has 202 valence electrons. The number of ether oxygens (including phenoxy) is 2. The van der Waals surface area contributed by atoms with Gasteiger partial charge in [-0.3, -0.25) is 0 Å². The normalized spacial score (nSPS) is 12.8. The molecule has 5 aromatic carbocycles. The lowest BCUT2D eigenvalue weighted by Crippen LogP contribution is -2.36. The summed E-state index contributed by atoms with van der Waals surface area (Å²) in [5.74, 6) is 1.55. The second-order valence-corrected chi connectivity index (χ2v) is 11.0. The summed E-state index contributed by atoms with van der Waals surface area (Å²) < 4.78 is 42.9. The average molecular weight is 551 g/mol. The molecule has 0 spiro atoms. The lowest BCUT2D eigenvalue weighted by molar-refractivity contribution is 0.450. The van der Waals surface area contributed by atoms with Crippen molar-refractivity contribution in [2.45, 2.75) is 17.8 Å². The highest BCUT2D eigenvalue weighted by Gasteiger charge is 2.28. The zero-order valence-corrected chi connectivity index (χ0v) is 22.6. The van der Waals surface area contributed by atoms with Gasteiger partial charge in [-0.05, 0) is 47.5 Å². The topological polar surface area (TPSA) is 90.7 Å². The number of sulfonamides is 1. The first-order valence-corrected chi connectivity index (χ1v) is 14.6. The SMILES string of the molecule is NC(c1ccccc1)C(NS(=O)(=O)Cc1c(Oc2ccccc2)cccc1Oc1ccccc1)c1ccccc1. The molecule has 0 amide bonds. The average Bonchev–Trinajstić information content (AvgIpc) is 2.99. The Kier molecular flexibility index (Phi) is 8.56. The number of para-hydroxylation sites is 2. The first-order valence-electron chi connectivity index (χ1n) is 12.9. The maximum Gasteiger partial charge on any atom is 0.216 e. The molecule has 0 bridgehead atoms. The van der Waals surface area contributed by atoms with Crippen LogP contribution in [0.5, 0.6) is 23.0 Å². The van der Waals surface area contributed by atoms with Crippen LogP contribution in [0.4, 0.5) is 0 Å². The molecule has 0 aliphatic rings. The van der Waals surface area contributed by atoms with Crippen molar-refractivity contribution in [1.82, 2.24) is 4.72 Å². The summed E-state index contributed by atoms with van der Waals surface area (Å²) in [4.78, 5) is 0. The lowest BCUT2D eigenvalue weighted by atomic mass is 9.95. The van der Waals surface area contributed by atoms with Crippen molar-refractivity contribution in [3.8, 4) is 23.0 Å². The third-order valence-corrected chi connectivity index (χ3v) is 7.66. The Labute approximate surface area is 235 Å². The van der Waals surface area contributed by atoms with Crippen LogP contribution >= 0.6 is 0 Å². The van der Waals surface area contributed by atoms with E-state index in [9.17, 15) is 8.42 Å². The van der Waals surface area contributed by atoms with Crippen LogP contribution in [0.25, 0.3) is 0 Å². The molecule has 0 saturated carbocycles. The third kappa shape index (κ3) is 6.95. The maximum atomic E-state index is 13.9. The summed E-state index contributed by atoms with van der Waals surface area (Å²) in [6, 6.07) is 41.2. The fourth-order valence-electron chi connectivity index (χ4n) is 4.41. The van der Waals surface area contributed by atoms with E-state index in [0.29, 0.717) is 28.6 Å². The molecular weight excluding hydrogens is 520 g/mol. The number of rotatable bonds is 11. The summed E-state index contributed by atoms with van der Waals surface area (Å²) in [7, 11) is -3.95. The van der Waals surface area contributed by atoms with Crippen LogP contribution in [-0.4, -0.2) is 8.42 Å². The summed E-state index contributed by atoms with van der Waals surface area (Å²) in [6.45, 7) is 0. The summed E-state index contributed by atoms with van der Waals surface area (Å²) >= 11 is 0. The molecule has 2 unspecified atom stereocenters. The number of hydrogen-bond acceptors (Lipinski definition) is 5. The van der Waals surface area contributed by atoms with E-state index < -0.39 is 22.1 Å². The minimum atomic E-state index is -3.95. The Morgan fingerprint density at radius 1 is 0.575 bits per heavy atom. The number of benzene rings is 5. The van der Waals surface area contributed by atoms with E-state index in [0.717, 1.165) is 11.1 Å². The molecule has 5 aromatic rings. The smallest absolute Gasteiger partial charge is 0.216 e. The molecule has 40 heavy (non-hydrogen) atoms. The van der Waals surface area contributed by atoms with Crippen molar-refractivity contribution in [3.63, 3.8) is 0 Å². The molecule has 3 N–H and O–H groups in total. The minimum absolute atomic E-state index is 0.383. The number of nitrogens with one attached hydrogen (secondary N) is 1. The summed E-state index contributed by atoms with van der Waals surface area (Å²) in [5.41, 5.74) is 8.63. The van der Waals surface area contributed by atoms with Gasteiger partial charge in [0.05, 0.1) is 23.4 Å². The third-order valence-electron chi connectivity index (χ3n) is 6.38. The Bertz CT molecular complexity index is 1560. The largest absolute Gasteiger partial charge is 0.457 e. The zero-order valence-electron chi connectivity index (χ0n) is 21.8. The second kappa shape index (κ2) is 12.6. The Morgan fingerprint density at radius 2 is 1.00 bits per heavy atom. The maximum absolute atomic E-state index is 13.9. The van der Waals surface area contributed by atoms with E-state index in [2.05, 4.69) is 4.72 Å². The highest BCUT2D eigenvalue weighted by Crippen LogP contribution is 2.37. The minimum Gasteiger partial charge on any atom is -0.457 e. The van der Waals surface area contributed by atoms with Crippen LogP contribution in [0.3, 0.4) is 0 Å². The highest BCUT2D eigenvalue weighted by molar-refractivity contribution is 7.88. The van der Waals surface area contributed by atoms with Crippen LogP contribution in [0.2, 0.25) is 0 Å². The van der Waals surface area contributed by atoms with Gasteiger partial charge in [0.1, 0.15) is 23.0 Å². The van der Waals surface area contributed by atoms with Gasteiger partial charge in [-0.25, -0.2) is 13.1 Å². The molecule has 7 heteroatoms. The van der Waals surface area contributed by atoms with Crippen molar-refractivity contribution in [3.05, 3.63) is 156 Å². The number of nitrogens with two attached hydrogens (primary N) is 1. The molecule has 2 atom stereocenters. The standard InChI is InChI=1S/C33H30N2O4S/c34-32(25-14-5-1-6-15-25)33(26-16-7-2-8-17-26)35-40(36,37)24-29-30(38-27-18-9-3-10-19-27)22-13-23-31(29)39-28-20-11-4-12-21-28/h1-23,32-33,35H,24,34H2. The predicted octanol–water partition coefficient (Wildman–Crippen LogP) is 7.13. The van der Waals surface area contributed by atoms with Crippen LogP contribution in [0.15, 0.2) is 140 Å². The first-order chi connectivity index (χ1) is 19.5. The van der Waals surface area contributed by atoms with Crippen LogP contribution in [0.1, 0.15) is 28.8 Å². The van der Waals surface area contributed by atoms with Crippen LogP contribution in [-0.2, 0) is 15.8 Å². The van der Waals surface area contributed by atoms with Gasteiger partial charge >= 0.3 is 0 Å². The molecule has 0 fully saturated rings. The fourth-order valence-corrected chi connectivity index (χ4v) is 5.83. The second-order valence-electron chi connectivity index (χ2n) is 9.26. The monoisotopic (exact) mass is 550 g/mol. The van der Waals surface area contributed by atoms with Crippen molar-refractivity contribution < 1.29 is 17.9 Å². The fraction of sp³-hybridized carbons (Fsp3) is 0.0909. The van der Waals surface area contributed by atoms with Gasteiger partial charge in [-0.15, -0.1) is 0 Å². The van der Waals surface area contributed by atoms with Crippen molar-refractivity contribution >= 4 is 10.0 Å².